The van der Waals surface area contributed by atoms with Gasteiger partial charge in [0, 0.05) is 19.3 Å². The minimum Gasteiger partial charge on any atom is -0.463 e. The van der Waals surface area contributed by atoms with E-state index in [0.717, 1.165) is 173 Å². The largest absolute Gasteiger partial charge is 0.472 e. The minimum atomic E-state index is -4.96. The Bertz CT molecular complexity index is 2580. The Labute approximate surface area is 597 Å². The molecule has 0 aliphatic carbocycles. The molecule has 0 fully saturated rings. The number of unbranched alkanes of at least 4 members (excludes halogenated alkanes) is 12. The zero-order chi connectivity index (χ0) is 72.3. The van der Waals surface area contributed by atoms with E-state index in [0.29, 0.717) is 25.7 Å². The van der Waals surface area contributed by atoms with Gasteiger partial charge in [0.15, 0.2) is 6.10 Å². The number of aliphatic hydroxyl groups excluding tert-OH is 2. The first-order chi connectivity index (χ1) is 48.2. The zero-order valence-corrected chi connectivity index (χ0v) is 62.4. The third-order valence-corrected chi connectivity index (χ3v) is 16.2. The molecule has 0 aromatic heterocycles. The number of carbonyl (C=O) groups excluding carboxylic acids is 3. The summed E-state index contributed by atoms with van der Waals surface area (Å²) in [5, 5.41) is 20.6. The molecule has 5 unspecified atom stereocenters. The smallest absolute Gasteiger partial charge is 0.463 e. The number of ether oxygens (including phenoxy) is 3. The number of aliphatic hydroxyl groups is 2. The number of esters is 3. The third kappa shape index (κ3) is 73.4. The average molecular weight is 1420 g/mol. The molecule has 558 valence electrons. The minimum absolute atomic E-state index is 0.0333. The quantitative estimate of drug-likeness (QED) is 0.0146. The molecule has 5 atom stereocenters. The van der Waals surface area contributed by atoms with Crippen molar-refractivity contribution in [2.24, 2.45) is 0 Å². The van der Waals surface area contributed by atoms with E-state index < -0.39 is 91.5 Å². The van der Waals surface area contributed by atoms with Gasteiger partial charge < -0.3 is 34.2 Å². The highest BCUT2D eigenvalue weighted by atomic mass is 31.2. The SMILES string of the molecule is CC/C=C\C/C=C\C/C=C\C/C=C\C/C=C\C/C=C\CCCCCCCCC(=O)OCC(O)COP(=O)(O)OCC(O)COP(=O)(O)OCC(COC(=O)CC/C=C\C/C=C\C/C=C\C/C=C\C/C=C\C/C=C\CC)OC(=O)CCCCCCCC/C=C\C/C=C\C/C=C\C/C=C\CC. The average Bonchev–Trinajstić information content (AvgIpc) is 2.90. The van der Waals surface area contributed by atoms with Crippen molar-refractivity contribution in [3.05, 3.63) is 194 Å². The molecule has 0 rings (SSSR count). The van der Waals surface area contributed by atoms with Crippen LogP contribution in [0.15, 0.2) is 194 Å². The van der Waals surface area contributed by atoms with Crippen molar-refractivity contribution in [3.8, 4) is 0 Å². The molecule has 0 aliphatic heterocycles. The molecule has 16 nitrogen and oxygen atoms in total. The van der Waals surface area contributed by atoms with Crippen LogP contribution in [-0.4, -0.2) is 95.9 Å². The molecule has 0 aromatic rings. The Kier molecular flexibility index (Phi) is 68.1. The molecule has 0 amide bonds. The predicted octanol–water partition coefficient (Wildman–Crippen LogP) is 21.2. The van der Waals surface area contributed by atoms with Crippen molar-refractivity contribution >= 4 is 33.6 Å². The Morgan fingerprint density at radius 2 is 0.525 bits per heavy atom. The number of allylic oxidation sites excluding steroid dienone is 32. The van der Waals surface area contributed by atoms with Crippen LogP contribution in [-0.2, 0) is 55.8 Å². The van der Waals surface area contributed by atoms with Gasteiger partial charge in [-0.05, 0) is 148 Å². The number of phosphoric ester groups is 2. The Balaban J connectivity index is 4.76. The maximum atomic E-state index is 13.0. The second-order valence-corrected chi connectivity index (χ2v) is 26.5. The number of hydrogen-bond donors (Lipinski definition) is 4. The standard InChI is InChI=1S/C81H128O16P2/c1-4-7-10-13-16-19-22-25-28-31-34-35-36-37-38-39-42-44-46-49-52-55-58-61-64-67-79(84)91-70-76(82)71-93-98(87,88)94-72-77(83)73-95-99(89,90)96-75-78(97-81(86)69-66-63-60-57-54-51-48-45-41-33-30-27-24-21-18-15-12-9-6-3)74-92-80(85)68-65-62-59-56-53-50-47-43-40-32-29-26-23-20-17-14-11-8-5-2/h7-12,16-21,25-30,34-35,37-38,40-45,50,53,59,62,76-78,82-83H,4-6,13-15,22-24,31-33,36,39,46-49,51-52,54-58,60-61,63-75H2,1-3H3,(H,87,88)(H,89,90)/b10-7-,11-8-,12-9-,19-16-,20-17-,21-18-,28-25-,29-26-,30-27-,35-34-,38-37-,43-40-,44-42-,45-41-,53-50-,62-59-. The van der Waals surface area contributed by atoms with Crippen molar-refractivity contribution in [3.63, 3.8) is 0 Å². The number of carbonyl (C=O) groups is 3. The van der Waals surface area contributed by atoms with E-state index >= 15 is 0 Å². The van der Waals surface area contributed by atoms with Crippen molar-refractivity contribution in [1.29, 1.82) is 0 Å². The highest BCUT2D eigenvalue weighted by Gasteiger charge is 2.29. The molecule has 0 aliphatic rings. The van der Waals surface area contributed by atoms with Crippen LogP contribution in [0.4, 0.5) is 0 Å². The van der Waals surface area contributed by atoms with Gasteiger partial charge in [-0.25, -0.2) is 9.13 Å². The van der Waals surface area contributed by atoms with Gasteiger partial charge in [-0.1, -0.05) is 267 Å². The lowest BCUT2D eigenvalue weighted by molar-refractivity contribution is -0.161. The fourth-order valence-corrected chi connectivity index (χ4v) is 10.4. The lowest BCUT2D eigenvalue weighted by Crippen LogP contribution is -2.30. The molecule has 0 radical (unpaired) electrons. The van der Waals surface area contributed by atoms with Crippen molar-refractivity contribution in [2.45, 2.75) is 257 Å². The summed E-state index contributed by atoms with van der Waals surface area (Å²) < 4.78 is 60.9. The molecule has 0 saturated heterocycles. The second kappa shape index (κ2) is 72.2. The highest BCUT2D eigenvalue weighted by molar-refractivity contribution is 7.47. The first kappa shape index (κ1) is 93.4. The van der Waals surface area contributed by atoms with E-state index in [2.05, 4.69) is 197 Å². The summed E-state index contributed by atoms with van der Waals surface area (Å²) in [6.45, 7) is 2.17. The summed E-state index contributed by atoms with van der Waals surface area (Å²) in [5.74, 6) is -1.72. The summed E-state index contributed by atoms with van der Waals surface area (Å²) >= 11 is 0. The molecular weight excluding hydrogens is 1290 g/mol. The van der Waals surface area contributed by atoms with E-state index in [1.54, 1.807) is 0 Å². The van der Waals surface area contributed by atoms with E-state index in [4.69, 9.17) is 32.3 Å². The molecule has 0 bridgehead atoms. The molecule has 99 heavy (non-hydrogen) atoms. The number of phosphoric acid groups is 2. The van der Waals surface area contributed by atoms with Crippen LogP contribution in [0.5, 0.6) is 0 Å². The zero-order valence-electron chi connectivity index (χ0n) is 60.6. The summed E-state index contributed by atoms with van der Waals surface area (Å²) in [5.41, 5.74) is 0. The first-order valence-corrected chi connectivity index (χ1v) is 39.7. The summed E-state index contributed by atoms with van der Waals surface area (Å²) in [6, 6.07) is 0. The van der Waals surface area contributed by atoms with Gasteiger partial charge >= 0.3 is 33.6 Å². The molecule has 4 N–H and O–H groups in total. The molecule has 18 heteroatoms. The molecule has 0 spiro atoms. The molecular formula is C81H128O16P2. The van der Waals surface area contributed by atoms with Crippen LogP contribution in [0.25, 0.3) is 0 Å². The van der Waals surface area contributed by atoms with Gasteiger partial charge in [-0.15, -0.1) is 0 Å². The monoisotopic (exact) mass is 1420 g/mol. The van der Waals surface area contributed by atoms with E-state index in [9.17, 15) is 43.5 Å². The van der Waals surface area contributed by atoms with Crippen LogP contribution in [0.3, 0.4) is 0 Å². The van der Waals surface area contributed by atoms with E-state index in [1.165, 1.54) is 0 Å². The van der Waals surface area contributed by atoms with Gasteiger partial charge in [0.2, 0.25) is 0 Å². The summed E-state index contributed by atoms with van der Waals surface area (Å²) in [6.07, 6.45) is 93.4. The van der Waals surface area contributed by atoms with Crippen LogP contribution in [0, 0.1) is 0 Å². The fourth-order valence-electron chi connectivity index (χ4n) is 8.82. The van der Waals surface area contributed by atoms with Crippen molar-refractivity contribution < 1.29 is 75.8 Å². The normalized spacial score (nSPS) is 15.2. The lowest BCUT2D eigenvalue weighted by atomic mass is 10.1. The Morgan fingerprint density at radius 1 is 0.283 bits per heavy atom. The van der Waals surface area contributed by atoms with Crippen molar-refractivity contribution in [2.75, 3.05) is 39.6 Å². The maximum Gasteiger partial charge on any atom is 0.472 e. The van der Waals surface area contributed by atoms with Crippen LogP contribution >= 0.6 is 15.6 Å². The Hall–Kier alpha value is -5.61. The Morgan fingerprint density at radius 3 is 0.859 bits per heavy atom. The van der Waals surface area contributed by atoms with Crippen LogP contribution in [0.2, 0.25) is 0 Å². The lowest BCUT2D eigenvalue weighted by Gasteiger charge is -2.21. The van der Waals surface area contributed by atoms with Gasteiger partial charge in [0.1, 0.15) is 25.4 Å². The fraction of sp³-hybridized carbons (Fsp3) is 0.568. The molecule has 0 heterocycles. The molecule has 0 aromatic carbocycles. The van der Waals surface area contributed by atoms with Crippen LogP contribution in [0.1, 0.15) is 239 Å². The van der Waals surface area contributed by atoms with Gasteiger partial charge in [-0.2, -0.15) is 0 Å². The van der Waals surface area contributed by atoms with Crippen LogP contribution < -0.4 is 0 Å². The van der Waals surface area contributed by atoms with Gasteiger partial charge in [0.05, 0.1) is 26.4 Å². The maximum absolute atomic E-state index is 13.0. The highest BCUT2D eigenvalue weighted by Crippen LogP contribution is 2.45. The third-order valence-electron chi connectivity index (χ3n) is 14.3. The number of hydrogen-bond acceptors (Lipinski definition) is 14. The number of rotatable bonds is 67. The topological polar surface area (TPSA) is 231 Å². The van der Waals surface area contributed by atoms with E-state index in [1.807, 2.05) is 18.2 Å². The first-order valence-electron chi connectivity index (χ1n) is 36.7. The van der Waals surface area contributed by atoms with E-state index in [-0.39, 0.29) is 19.3 Å². The summed E-state index contributed by atoms with van der Waals surface area (Å²) in [4.78, 5) is 58.5. The van der Waals surface area contributed by atoms with Crippen molar-refractivity contribution in [1.82, 2.24) is 0 Å². The van der Waals surface area contributed by atoms with Gasteiger partial charge in [-0.3, -0.25) is 32.5 Å². The van der Waals surface area contributed by atoms with Gasteiger partial charge in [0.25, 0.3) is 0 Å². The summed E-state index contributed by atoms with van der Waals surface area (Å²) in [7, 11) is -9.84. The second-order valence-electron chi connectivity index (χ2n) is 23.6. The predicted molar refractivity (Wildman–Crippen MR) is 408 cm³/mol. The molecule has 0 saturated carbocycles.